The van der Waals surface area contributed by atoms with Gasteiger partial charge in [0.05, 0.1) is 6.33 Å². The van der Waals surface area contributed by atoms with Crippen LogP contribution in [0.1, 0.15) is 23.7 Å². The van der Waals surface area contributed by atoms with E-state index in [-0.39, 0.29) is 18.2 Å². The third-order valence-electron chi connectivity index (χ3n) is 4.23. The molecule has 3 rings (SSSR count). The van der Waals surface area contributed by atoms with Crippen LogP contribution in [0.3, 0.4) is 0 Å². The molecule has 0 saturated carbocycles. The second kappa shape index (κ2) is 7.45. The summed E-state index contributed by atoms with van der Waals surface area (Å²) < 4.78 is 5.22. The van der Waals surface area contributed by atoms with Crippen LogP contribution in [0.4, 0.5) is 5.69 Å². The third-order valence-corrected chi connectivity index (χ3v) is 4.23. The predicted molar refractivity (Wildman–Crippen MR) is 100 cm³/mol. The molecule has 2 heterocycles. The van der Waals surface area contributed by atoms with Gasteiger partial charge in [-0.25, -0.2) is 9.78 Å². The van der Waals surface area contributed by atoms with E-state index in [4.69, 9.17) is 4.42 Å². The van der Waals surface area contributed by atoms with Crippen molar-refractivity contribution >= 4 is 28.5 Å². The number of imidazole rings is 1. The first-order valence-electron chi connectivity index (χ1n) is 8.44. The maximum atomic E-state index is 12.8. The van der Waals surface area contributed by atoms with Crippen LogP contribution in [-0.2, 0) is 16.0 Å². The van der Waals surface area contributed by atoms with Crippen molar-refractivity contribution in [2.45, 2.75) is 33.2 Å². The number of benzene rings is 1. The fourth-order valence-corrected chi connectivity index (χ4v) is 2.89. The highest BCUT2D eigenvalue weighted by molar-refractivity contribution is 5.99. The summed E-state index contributed by atoms with van der Waals surface area (Å²) in [6.07, 6.45) is 3.41. The normalized spacial score (nSPS) is 12.0. The van der Waals surface area contributed by atoms with Gasteiger partial charge in [-0.1, -0.05) is 0 Å². The van der Waals surface area contributed by atoms with Crippen LogP contribution < -0.4 is 16.3 Å². The summed E-state index contributed by atoms with van der Waals surface area (Å²) in [7, 11) is 0. The molecule has 0 unspecified atom stereocenters. The number of H-pyrrole nitrogens is 1. The smallest absolute Gasteiger partial charge is 0.336 e. The van der Waals surface area contributed by atoms with E-state index in [1.165, 1.54) is 19.3 Å². The molecule has 0 bridgehead atoms. The lowest BCUT2D eigenvalue weighted by Gasteiger charge is -2.18. The van der Waals surface area contributed by atoms with Gasteiger partial charge in [-0.2, -0.15) is 0 Å². The Balaban J connectivity index is 1.89. The van der Waals surface area contributed by atoms with Crippen molar-refractivity contribution in [3.8, 4) is 0 Å². The number of rotatable bonds is 5. The van der Waals surface area contributed by atoms with Crippen LogP contribution in [0.2, 0.25) is 0 Å². The number of anilines is 1. The van der Waals surface area contributed by atoms with E-state index >= 15 is 0 Å². The van der Waals surface area contributed by atoms with Gasteiger partial charge < -0.3 is 20.0 Å². The highest BCUT2D eigenvalue weighted by atomic mass is 16.4. The highest BCUT2D eigenvalue weighted by Crippen LogP contribution is 2.25. The number of aromatic nitrogens is 2. The van der Waals surface area contributed by atoms with E-state index in [0.29, 0.717) is 11.3 Å². The molecule has 0 aliphatic carbocycles. The van der Waals surface area contributed by atoms with E-state index in [9.17, 15) is 14.4 Å². The van der Waals surface area contributed by atoms with Crippen molar-refractivity contribution in [2.24, 2.45) is 0 Å². The maximum Gasteiger partial charge on any atom is 0.336 e. The molecule has 8 heteroatoms. The maximum absolute atomic E-state index is 12.8. The summed E-state index contributed by atoms with van der Waals surface area (Å²) >= 11 is 0. The SMILES string of the molecule is CC(=O)N[C@@H](Cc1cnc[nH]1)C(=O)Nc1cc2c(C)cc(=O)oc2cc1C. The fourth-order valence-electron chi connectivity index (χ4n) is 2.89. The van der Waals surface area contributed by atoms with Crippen molar-refractivity contribution in [2.75, 3.05) is 5.32 Å². The number of nitrogens with one attached hydrogen (secondary N) is 3. The lowest BCUT2D eigenvalue weighted by molar-refractivity contribution is -0.125. The van der Waals surface area contributed by atoms with Crippen LogP contribution in [0.15, 0.2) is 39.9 Å². The highest BCUT2D eigenvalue weighted by Gasteiger charge is 2.21. The molecular weight excluding hydrogens is 348 g/mol. The number of hydrogen-bond donors (Lipinski definition) is 3. The van der Waals surface area contributed by atoms with Gasteiger partial charge in [0, 0.05) is 42.4 Å². The first-order chi connectivity index (χ1) is 12.8. The molecule has 0 fully saturated rings. The lowest BCUT2D eigenvalue weighted by atomic mass is 10.1. The number of amides is 2. The molecule has 8 nitrogen and oxygen atoms in total. The number of fused-ring (bicyclic) bond motifs is 1. The number of aryl methyl sites for hydroxylation is 2. The predicted octanol–water partition coefficient (Wildman–Crippen LogP) is 1.82. The number of hydrogen-bond acceptors (Lipinski definition) is 5. The Labute approximate surface area is 155 Å². The van der Waals surface area contributed by atoms with Crippen LogP contribution >= 0.6 is 0 Å². The van der Waals surface area contributed by atoms with Gasteiger partial charge in [0.2, 0.25) is 11.8 Å². The zero-order valence-corrected chi connectivity index (χ0v) is 15.3. The van der Waals surface area contributed by atoms with Gasteiger partial charge in [-0.3, -0.25) is 9.59 Å². The van der Waals surface area contributed by atoms with Crippen LogP contribution in [0.25, 0.3) is 11.0 Å². The van der Waals surface area contributed by atoms with Crippen molar-refractivity contribution in [3.05, 3.63) is 58.0 Å². The van der Waals surface area contributed by atoms with Crippen LogP contribution in [0, 0.1) is 13.8 Å². The minimum atomic E-state index is -0.757. The quantitative estimate of drug-likeness (QED) is 0.594. The monoisotopic (exact) mass is 368 g/mol. The van der Waals surface area contributed by atoms with Gasteiger partial charge in [0.15, 0.2) is 0 Å². The summed E-state index contributed by atoms with van der Waals surface area (Å²) in [4.78, 5) is 42.7. The fraction of sp³-hybridized carbons (Fsp3) is 0.263. The van der Waals surface area contributed by atoms with E-state index in [2.05, 4.69) is 20.6 Å². The largest absolute Gasteiger partial charge is 0.423 e. The zero-order chi connectivity index (χ0) is 19.6. The molecule has 1 atom stereocenters. The summed E-state index contributed by atoms with van der Waals surface area (Å²) in [5, 5.41) is 6.25. The molecule has 27 heavy (non-hydrogen) atoms. The van der Waals surface area contributed by atoms with Gasteiger partial charge in [0.1, 0.15) is 11.6 Å². The van der Waals surface area contributed by atoms with E-state index < -0.39 is 11.7 Å². The molecule has 0 saturated heterocycles. The summed E-state index contributed by atoms with van der Waals surface area (Å²) in [5.74, 6) is -0.653. The lowest BCUT2D eigenvalue weighted by Crippen LogP contribution is -2.44. The second-order valence-electron chi connectivity index (χ2n) is 6.44. The van der Waals surface area contributed by atoms with Gasteiger partial charge >= 0.3 is 5.63 Å². The summed E-state index contributed by atoms with van der Waals surface area (Å²) in [6.45, 7) is 4.97. The number of carbonyl (C=O) groups is 2. The molecule has 2 aromatic heterocycles. The molecule has 3 aromatic rings. The second-order valence-corrected chi connectivity index (χ2v) is 6.44. The van der Waals surface area contributed by atoms with E-state index in [0.717, 1.165) is 22.2 Å². The summed E-state index contributed by atoms with van der Waals surface area (Å²) in [5.41, 5.74) is 2.87. The van der Waals surface area contributed by atoms with E-state index in [1.54, 1.807) is 32.2 Å². The topological polar surface area (TPSA) is 117 Å². The molecule has 1 aromatic carbocycles. The zero-order valence-electron chi connectivity index (χ0n) is 15.3. The Morgan fingerprint density at radius 3 is 2.67 bits per heavy atom. The number of nitrogens with zero attached hydrogens (tertiary/aromatic N) is 1. The van der Waals surface area contributed by atoms with Gasteiger partial charge in [-0.15, -0.1) is 0 Å². The average Bonchev–Trinajstić information content (AvgIpc) is 3.08. The molecule has 2 amide bonds. The Morgan fingerprint density at radius 1 is 1.22 bits per heavy atom. The molecule has 0 radical (unpaired) electrons. The Bertz CT molecular complexity index is 1050. The Morgan fingerprint density at radius 2 is 2.00 bits per heavy atom. The standard InChI is InChI=1S/C19H20N4O4/c1-10-5-18(25)27-17-4-11(2)15(7-14(10)17)23-19(26)16(22-12(3)24)6-13-8-20-9-21-13/h4-5,7-9,16H,6H2,1-3H3,(H,20,21)(H,22,24)(H,23,26)/t16-/m0/s1. The van der Waals surface area contributed by atoms with Crippen molar-refractivity contribution in [1.29, 1.82) is 0 Å². The minimum Gasteiger partial charge on any atom is -0.423 e. The number of carbonyl (C=O) groups excluding carboxylic acids is 2. The molecule has 0 aliphatic heterocycles. The van der Waals surface area contributed by atoms with Gasteiger partial charge in [0.25, 0.3) is 0 Å². The first kappa shape index (κ1) is 18.4. The van der Waals surface area contributed by atoms with Crippen LogP contribution in [0.5, 0.6) is 0 Å². The summed E-state index contributed by atoms with van der Waals surface area (Å²) in [6, 6.07) is 4.12. The Hall–Kier alpha value is -3.42. The minimum absolute atomic E-state index is 0.284. The molecule has 140 valence electrons. The van der Waals surface area contributed by atoms with Crippen molar-refractivity contribution in [3.63, 3.8) is 0 Å². The molecule has 3 N–H and O–H groups in total. The average molecular weight is 368 g/mol. The van der Waals surface area contributed by atoms with Crippen molar-refractivity contribution in [1.82, 2.24) is 15.3 Å². The molecule has 0 spiro atoms. The van der Waals surface area contributed by atoms with Crippen LogP contribution in [-0.4, -0.2) is 27.8 Å². The molecular formula is C19H20N4O4. The Kier molecular flexibility index (Phi) is 5.07. The van der Waals surface area contributed by atoms with E-state index in [1.807, 2.05) is 0 Å². The first-order valence-corrected chi connectivity index (χ1v) is 8.44. The van der Waals surface area contributed by atoms with Crippen molar-refractivity contribution < 1.29 is 14.0 Å². The van der Waals surface area contributed by atoms with Gasteiger partial charge in [-0.05, 0) is 37.1 Å². The molecule has 0 aliphatic rings. The third kappa shape index (κ3) is 4.22. The number of aromatic amines is 1.